The number of benzene rings is 2. The van der Waals surface area contributed by atoms with Crippen molar-refractivity contribution in [3.63, 3.8) is 0 Å². The van der Waals surface area contributed by atoms with Crippen molar-refractivity contribution < 1.29 is 0 Å². The number of rotatable bonds is 5. The maximum absolute atomic E-state index is 4.69. The van der Waals surface area contributed by atoms with E-state index in [0.717, 1.165) is 40.9 Å². The number of nitrogens with one attached hydrogen (secondary N) is 3. The number of imidazole rings is 2. The second-order valence-electron chi connectivity index (χ2n) is 10.3. The molecule has 2 fully saturated rings. The van der Waals surface area contributed by atoms with Crippen molar-refractivity contribution in [2.75, 3.05) is 0 Å². The predicted molar refractivity (Wildman–Crippen MR) is 137 cm³/mol. The molecule has 5 nitrogen and oxygen atoms in total. The second-order valence-corrected chi connectivity index (χ2v) is 10.3. The van der Waals surface area contributed by atoms with Crippen LogP contribution in [0.4, 0.5) is 0 Å². The van der Waals surface area contributed by atoms with Gasteiger partial charge in [0.05, 0.1) is 29.8 Å². The summed E-state index contributed by atoms with van der Waals surface area (Å²) in [6.45, 7) is 4.58. The zero-order chi connectivity index (χ0) is 23.1. The van der Waals surface area contributed by atoms with E-state index in [2.05, 4.69) is 82.6 Å². The summed E-state index contributed by atoms with van der Waals surface area (Å²) in [4.78, 5) is 16.4. The topological polar surface area (TPSA) is 69.4 Å². The average Bonchev–Trinajstić information content (AvgIpc) is 3.66. The maximum atomic E-state index is 4.69. The van der Waals surface area contributed by atoms with Crippen molar-refractivity contribution >= 4 is 0 Å². The smallest absolute Gasteiger partial charge is 0.123 e. The van der Waals surface area contributed by atoms with Crippen molar-refractivity contribution in [1.82, 2.24) is 25.3 Å². The van der Waals surface area contributed by atoms with Crippen molar-refractivity contribution in [2.45, 2.75) is 64.0 Å². The molecule has 0 bridgehead atoms. The Bertz CT molecular complexity index is 1150. The highest BCUT2D eigenvalue weighted by molar-refractivity contribution is 5.71. The van der Waals surface area contributed by atoms with Gasteiger partial charge in [-0.1, -0.05) is 55.5 Å². The van der Waals surface area contributed by atoms with Gasteiger partial charge in [-0.25, -0.2) is 9.97 Å². The first kappa shape index (κ1) is 21.4. The molecule has 1 aliphatic heterocycles. The first-order valence-corrected chi connectivity index (χ1v) is 12.7. The Labute approximate surface area is 201 Å². The van der Waals surface area contributed by atoms with Gasteiger partial charge in [0.2, 0.25) is 0 Å². The standard InChI is InChI=1S/C29H33N5/c1-18-3-5-24(15-18)28-30-16-26(33-28)22-10-6-20(7-11-22)21-8-12-23(13-9-21)27-17-31-29(34-27)25-14-4-19(2)32-25/h6-13,16-19,24-25,32H,3-5,14-15H2,1-2H3,(H,30,33)(H,31,34)/t18-,19-,24+,25-/m1/s1. The summed E-state index contributed by atoms with van der Waals surface area (Å²) in [7, 11) is 0. The fraction of sp³-hybridized carbons (Fsp3) is 0.379. The molecule has 2 aromatic heterocycles. The highest BCUT2D eigenvalue weighted by Crippen LogP contribution is 2.37. The molecule has 3 N–H and O–H groups in total. The third-order valence-electron chi connectivity index (χ3n) is 7.70. The molecule has 4 aromatic rings. The lowest BCUT2D eigenvalue weighted by Crippen LogP contribution is -2.21. The van der Waals surface area contributed by atoms with Crippen LogP contribution in [0.1, 0.15) is 69.6 Å². The lowest BCUT2D eigenvalue weighted by atomic mass is 10.0. The van der Waals surface area contributed by atoms with Gasteiger partial charge in [-0.05, 0) is 67.2 Å². The van der Waals surface area contributed by atoms with Gasteiger partial charge < -0.3 is 15.3 Å². The molecule has 5 heteroatoms. The second kappa shape index (κ2) is 8.88. The van der Waals surface area contributed by atoms with Gasteiger partial charge in [0.25, 0.3) is 0 Å². The fourth-order valence-corrected chi connectivity index (χ4v) is 5.63. The van der Waals surface area contributed by atoms with Crippen LogP contribution in [-0.2, 0) is 0 Å². The molecule has 3 heterocycles. The van der Waals surface area contributed by atoms with Crippen LogP contribution in [0.15, 0.2) is 60.9 Å². The molecule has 174 valence electrons. The minimum absolute atomic E-state index is 0.342. The summed E-state index contributed by atoms with van der Waals surface area (Å²) < 4.78 is 0. The number of aromatic nitrogens is 4. The van der Waals surface area contributed by atoms with Gasteiger partial charge in [-0.2, -0.15) is 0 Å². The summed E-state index contributed by atoms with van der Waals surface area (Å²) in [6, 6.07) is 18.4. The molecule has 0 amide bonds. The fourth-order valence-electron chi connectivity index (χ4n) is 5.63. The summed E-state index contributed by atoms with van der Waals surface area (Å²) in [5.41, 5.74) is 6.96. The Morgan fingerprint density at radius 2 is 1.21 bits per heavy atom. The molecule has 2 aliphatic rings. The van der Waals surface area contributed by atoms with Crippen molar-refractivity contribution in [3.8, 4) is 33.6 Å². The zero-order valence-electron chi connectivity index (χ0n) is 20.0. The lowest BCUT2D eigenvalue weighted by Gasteiger charge is -2.08. The maximum Gasteiger partial charge on any atom is 0.123 e. The van der Waals surface area contributed by atoms with Crippen molar-refractivity contribution in [1.29, 1.82) is 0 Å². The van der Waals surface area contributed by atoms with E-state index in [4.69, 9.17) is 4.98 Å². The number of hydrogen-bond donors (Lipinski definition) is 3. The van der Waals surface area contributed by atoms with E-state index in [1.807, 2.05) is 12.4 Å². The molecule has 2 aromatic carbocycles. The molecule has 0 unspecified atom stereocenters. The predicted octanol–water partition coefficient (Wildman–Crippen LogP) is 6.85. The highest BCUT2D eigenvalue weighted by atomic mass is 15.1. The highest BCUT2D eigenvalue weighted by Gasteiger charge is 2.25. The quantitative estimate of drug-likeness (QED) is 0.311. The molecular formula is C29H33N5. The zero-order valence-corrected chi connectivity index (χ0v) is 20.0. The molecule has 0 radical (unpaired) electrons. The van der Waals surface area contributed by atoms with E-state index in [9.17, 15) is 0 Å². The van der Waals surface area contributed by atoms with Gasteiger partial charge >= 0.3 is 0 Å². The van der Waals surface area contributed by atoms with Crippen LogP contribution in [0.3, 0.4) is 0 Å². The number of aromatic amines is 2. The van der Waals surface area contributed by atoms with Crippen molar-refractivity contribution in [2.24, 2.45) is 5.92 Å². The van der Waals surface area contributed by atoms with Gasteiger partial charge in [0, 0.05) is 12.0 Å². The molecular weight excluding hydrogens is 418 g/mol. The number of hydrogen-bond acceptors (Lipinski definition) is 3. The number of nitrogens with zero attached hydrogens (tertiary/aromatic N) is 2. The summed E-state index contributed by atoms with van der Waals surface area (Å²) >= 11 is 0. The van der Waals surface area contributed by atoms with Crippen LogP contribution < -0.4 is 5.32 Å². The third kappa shape index (κ3) is 4.21. The Morgan fingerprint density at radius 3 is 1.74 bits per heavy atom. The van der Waals surface area contributed by atoms with E-state index >= 15 is 0 Å². The van der Waals surface area contributed by atoms with Crippen LogP contribution in [0.25, 0.3) is 33.6 Å². The van der Waals surface area contributed by atoms with Crippen LogP contribution in [0.5, 0.6) is 0 Å². The Morgan fingerprint density at radius 1 is 0.647 bits per heavy atom. The van der Waals surface area contributed by atoms with Gasteiger partial charge in [0.1, 0.15) is 11.6 Å². The van der Waals surface area contributed by atoms with Gasteiger partial charge in [-0.15, -0.1) is 0 Å². The Hall–Kier alpha value is -3.18. The molecule has 1 saturated carbocycles. The summed E-state index contributed by atoms with van der Waals surface area (Å²) in [6.07, 6.45) is 10.1. The largest absolute Gasteiger partial charge is 0.342 e. The molecule has 1 aliphatic carbocycles. The third-order valence-corrected chi connectivity index (χ3v) is 7.70. The van der Waals surface area contributed by atoms with Gasteiger partial charge in [-0.3, -0.25) is 0 Å². The first-order chi connectivity index (χ1) is 16.6. The van der Waals surface area contributed by atoms with E-state index < -0.39 is 0 Å². The van der Waals surface area contributed by atoms with Crippen LogP contribution in [-0.4, -0.2) is 26.0 Å². The van der Waals surface area contributed by atoms with E-state index in [1.54, 1.807) is 0 Å². The SMILES string of the molecule is C[C@@H]1CC[C@H](c2ncc(-c3ccc(-c4ccc(-c5cnc([C@H]6CC[C@@H](C)N6)[nH]5)cc4)cc3)[nH]2)C1. The van der Waals surface area contributed by atoms with E-state index in [-0.39, 0.29) is 0 Å². The molecule has 1 saturated heterocycles. The molecule has 6 rings (SSSR count). The monoisotopic (exact) mass is 451 g/mol. The minimum Gasteiger partial charge on any atom is -0.342 e. The summed E-state index contributed by atoms with van der Waals surface area (Å²) in [5.74, 6) is 3.60. The van der Waals surface area contributed by atoms with Crippen LogP contribution >= 0.6 is 0 Å². The van der Waals surface area contributed by atoms with Gasteiger partial charge in [0.15, 0.2) is 0 Å². The average molecular weight is 452 g/mol. The lowest BCUT2D eigenvalue weighted by molar-refractivity contribution is 0.564. The Balaban J connectivity index is 1.15. The van der Waals surface area contributed by atoms with Crippen molar-refractivity contribution in [3.05, 3.63) is 72.6 Å². The molecule has 0 spiro atoms. The number of H-pyrrole nitrogens is 2. The van der Waals surface area contributed by atoms with E-state index in [1.165, 1.54) is 42.4 Å². The van der Waals surface area contributed by atoms with Crippen LogP contribution in [0, 0.1) is 5.92 Å². The minimum atomic E-state index is 0.342. The summed E-state index contributed by atoms with van der Waals surface area (Å²) in [5, 5.41) is 3.60. The van der Waals surface area contributed by atoms with Crippen LogP contribution in [0.2, 0.25) is 0 Å². The van der Waals surface area contributed by atoms with E-state index in [0.29, 0.717) is 18.0 Å². The molecule has 34 heavy (non-hydrogen) atoms. The first-order valence-electron chi connectivity index (χ1n) is 12.7. The molecule has 4 atom stereocenters. The normalized spacial score (nSPS) is 24.6. The Kier molecular flexibility index (Phi) is 5.58.